The molecular weight excluding hydrogens is 422 g/mol. The molecule has 2 aromatic rings. The molecule has 2 aromatic carbocycles. The smallest absolute Gasteiger partial charge is 0.295 e. The van der Waals surface area contributed by atoms with Crippen molar-refractivity contribution >= 4 is 17.4 Å². The molecule has 3 aliphatic rings. The van der Waals surface area contributed by atoms with Crippen molar-refractivity contribution in [2.45, 2.75) is 37.8 Å². The minimum absolute atomic E-state index is 0.0971. The lowest BCUT2D eigenvalue weighted by molar-refractivity contribution is -0.140. The molecule has 5 rings (SSSR count). The van der Waals surface area contributed by atoms with E-state index in [-0.39, 0.29) is 17.4 Å². The van der Waals surface area contributed by atoms with Gasteiger partial charge in [-0.05, 0) is 67.1 Å². The Hall–Kier alpha value is -3.32. The molecule has 33 heavy (non-hydrogen) atoms. The van der Waals surface area contributed by atoms with E-state index >= 15 is 0 Å². The van der Waals surface area contributed by atoms with Gasteiger partial charge in [-0.25, -0.2) is 0 Å². The highest BCUT2D eigenvalue weighted by Crippen LogP contribution is 2.41. The number of benzene rings is 2. The van der Waals surface area contributed by atoms with Crippen molar-refractivity contribution in [2.75, 3.05) is 26.9 Å². The molecule has 0 aliphatic carbocycles. The van der Waals surface area contributed by atoms with E-state index < -0.39 is 17.7 Å². The second kappa shape index (κ2) is 8.90. The van der Waals surface area contributed by atoms with Crippen molar-refractivity contribution in [3.05, 3.63) is 64.7 Å². The highest BCUT2D eigenvalue weighted by molar-refractivity contribution is 6.46. The fraction of sp³-hybridized carbons (Fsp3) is 0.385. The predicted molar refractivity (Wildman–Crippen MR) is 121 cm³/mol. The van der Waals surface area contributed by atoms with Crippen LogP contribution in [-0.2, 0) is 20.7 Å². The fourth-order valence-corrected chi connectivity index (χ4v) is 4.87. The van der Waals surface area contributed by atoms with E-state index in [1.807, 2.05) is 24.3 Å². The number of rotatable bonds is 5. The molecular formula is C26H27NO6. The average molecular weight is 450 g/mol. The third-order valence-corrected chi connectivity index (χ3v) is 6.58. The summed E-state index contributed by atoms with van der Waals surface area (Å²) < 4.78 is 16.7. The molecule has 2 unspecified atom stereocenters. The van der Waals surface area contributed by atoms with Crippen molar-refractivity contribution in [3.8, 4) is 11.5 Å². The average Bonchev–Trinajstić information content (AvgIpc) is 3.46. The van der Waals surface area contributed by atoms with E-state index in [2.05, 4.69) is 0 Å². The molecule has 2 fully saturated rings. The Morgan fingerprint density at radius 3 is 2.67 bits per heavy atom. The van der Waals surface area contributed by atoms with Gasteiger partial charge in [0.15, 0.2) is 0 Å². The molecule has 7 nitrogen and oxygen atoms in total. The molecule has 0 bridgehead atoms. The number of ether oxygens (including phenoxy) is 3. The molecule has 3 aliphatic heterocycles. The highest BCUT2D eigenvalue weighted by Gasteiger charge is 2.47. The van der Waals surface area contributed by atoms with Crippen LogP contribution in [-0.4, -0.2) is 54.7 Å². The first-order valence-corrected chi connectivity index (χ1v) is 11.4. The Bertz CT molecular complexity index is 1100. The van der Waals surface area contributed by atoms with Crippen LogP contribution in [0.15, 0.2) is 48.0 Å². The van der Waals surface area contributed by atoms with E-state index in [0.717, 1.165) is 42.6 Å². The third-order valence-electron chi connectivity index (χ3n) is 6.58. The van der Waals surface area contributed by atoms with Gasteiger partial charge in [0.05, 0.1) is 31.4 Å². The zero-order valence-corrected chi connectivity index (χ0v) is 18.6. The van der Waals surface area contributed by atoms with Crippen molar-refractivity contribution in [2.24, 2.45) is 0 Å². The lowest BCUT2D eigenvalue weighted by atomic mass is 9.94. The summed E-state index contributed by atoms with van der Waals surface area (Å²) in [5, 5.41) is 11.3. The minimum Gasteiger partial charge on any atom is -0.507 e. The zero-order chi connectivity index (χ0) is 22.9. The Morgan fingerprint density at radius 1 is 1.12 bits per heavy atom. The Balaban J connectivity index is 1.59. The second-order valence-corrected chi connectivity index (χ2v) is 8.63. The van der Waals surface area contributed by atoms with E-state index in [4.69, 9.17) is 14.2 Å². The zero-order valence-electron chi connectivity index (χ0n) is 18.6. The first-order chi connectivity index (χ1) is 16.1. The summed E-state index contributed by atoms with van der Waals surface area (Å²) in [6, 6.07) is 11.9. The second-order valence-electron chi connectivity index (χ2n) is 8.63. The molecule has 0 radical (unpaired) electrons. The van der Waals surface area contributed by atoms with Gasteiger partial charge in [0.25, 0.3) is 11.7 Å². The number of aliphatic hydroxyl groups is 1. The van der Waals surface area contributed by atoms with Crippen molar-refractivity contribution in [3.63, 3.8) is 0 Å². The summed E-state index contributed by atoms with van der Waals surface area (Å²) >= 11 is 0. The maximum Gasteiger partial charge on any atom is 0.295 e. The molecule has 0 spiro atoms. The van der Waals surface area contributed by atoms with Crippen LogP contribution >= 0.6 is 0 Å². The van der Waals surface area contributed by atoms with Gasteiger partial charge < -0.3 is 24.2 Å². The van der Waals surface area contributed by atoms with Crippen molar-refractivity contribution in [1.29, 1.82) is 0 Å². The van der Waals surface area contributed by atoms with Gasteiger partial charge in [-0.1, -0.05) is 12.1 Å². The molecule has 1 N–H and O–H groups in total. The largest absolute Gasteiger partial charge is 0.507 e. The van der Waals surface area contributed by atoms with Gasteiger partial charge in [0.1, 0.15) is 17.3 Å². The number of nitrogens with zero attached hydrogens (tertiary/aromatic N) is 1. The van der Waals surface area contributed by atoms with E-state index in [1.54, 1.807) is 25.3 Å². The first-order valence-electron chi connectivity index (χ1n) is 11.4. The van der Waals surface area contributed by atoms with Gasteiger partial charge in [0.2, 0.25) is 0 Å². The number of carbonyl (C=O) groups is 2. The van der Waals surface area contributed by atoms with E-state index in [0.29, 0.717) is 31.1 Å². The summed E-state index contributed by atoms with van der Waals surface area (Å²) in [7, 11) is 1.58. The summed E-state index contributed by atoms with van der Waals surface area (Å²) in [6.45, 7) is 1.62. The Kier molecular flexibility index (Phi) is 5.81. The van der Waals surface area contributed by atoms with Crippen LogP contribution in [0.5, 0.6) is 11.5 Å². The number of aryl methyl sites for hydroxylation is 1. The maximum atomic E-state index is 13.2. The van der Waals surface area contributed by atoms with Crippen molar-refractivity contribution in [1.82, 2.24) is 4.90 Å². The standard InChI is InChI=1S/C26H27NO6/c1-31-19-9-6-16(7-10-19)23-22(25(29)26(30)27(23)15-20-5-3-12-32-20)24(28)18-8-11-21-17(14-18)4-2-13-33-21/h6-11,14,20,23,28H,2-5,12-13,15H2,1H3/b24-22-. The minimum atomic E-state index is -0.701. The highest BCUT2D eigenvalue weighted by atomic mass is 16.5. The van der Waals surface area contributed by atoms with Gasteiger partial charge >= 0.3 is 0 Å². The molecule has 0 saturated carbocycles. The monoisotopic (exact) mass is 449 g/mol. The number of aliphatic hydroxyl groups excluding tert-OH is 1. The van der Waals surface area contributed by atoms with Crippen LogP contribution in [0.3, 0.4) is 0 Å². The molecule has 0 aromatic heterocycles. The van der Waals surface area contributed by atoms with Crippen LogP contribution in [0.25, 0.3) is 5.76 Å². The van der Waals surface area contributed by atoms with E-state index in [1.165, 1.54) is 4.90 Å². The van der Waals surface area contributed by atoms with Gasteiger partial charge in [-0.3, -0.25) is 9.59 Å². The summed E-state index contributed by atoms with van der Waals surface area (Å²) in [5.74, 6) is -0.000295. The topological polar surface area (TPSA) is 85.3 Å². The molecule has 7 heteroatoms. The number of hydrogen-bond donors (Lipinski definition) is 1. The number of hydrogen-bond acceptors (Lipinski definition) is 6. The van der Waals surface area contributed by atoms with Gasteiger partial charge in [0, 0.05) is 18.7 Å². The number of methoxy groups -OCH3 is 1. The van der Waals surface area contributed by atoms with Crippen LogP contribution < -0.4 is 9.47 Å². The molecule has 172 valence electrons. The number of amides is 1. The molecule has 3 heterocycles. The lowest BCUT2D eigenvalue weighted by Crippen LogP contribution is -2.36. The predicted octanol–water partition coefficient (Wildman–Crippen LogP) is 3.62. The summed E-state index contributed by atoms with van der Waals surface area (Å²) in [6.07, 6.45) is 3.38. The molecule has 2 atom stereocenters. The van der Waals surface area contributed by atoms with Gasteiger partial charge in [-0.15, -0.1) is 0 Å². The van der Waals surface area contributed by atoms with Crippen LogP contribution in [0.4, 0.5) is 0 Å². The first kappa shape index (κ1) is 21.5. The summed E-state index contributed by atoms with van der Waals surface area (Å²) in [4.78, 5) is 27.8. The van der Waals surface area contributed by atoms with Crippen molar-refractivity contribution < 1.29 is 28.9 Å². The summed E-state index contributed by atoms with van der Waals surface area (Å²) in [5.41, 5.74) is 2.32. The maximum absolute atomic E-state index is 13.2. The molecule has 1 amide bonds. The number of ketones is 1. The number of Topliss-reactive ketones (excluding diaryl/α,β-unsaturated/α-hetero) is 1. The number of carbonyl (C=O) groups excluding carboxylic acids is 2. The SMILES string of the molecule is COc1ccc(C2/C(=C(/O)c3ccc4c(c3)CCCO4)C(=O)C(=O)N2CC2CCCO2)cc1. The van der Waals surface area contributed by atoms with Gasteiger partial charge in [-0.2, -0.15) is 0 Å². The number of fused-ring (bicyclic) bond motifs is 1. The van der Waals surface area contributed by atoms with Crippen LogP contribution in [0, 0.1) is 0 Å². The fourth-order valence-electron chi connectivity index (χ4n) is 4.87. The Labute approximate surface area is 192 Å². The lowest BCUT2D eigenvalue weighted by Gasteiger charge is -2.27. The van der Waals surface area contributed by atoms with Crippen LogP contribution in [0.1, 0.15) is 42.0 Å². The number of likely N-dealkylation sites (tertiary alicyclic amines) is 1. The molecule has 2 saturated heterocycles. The normalized spacial score (nSPS) is 24.0. The van der Waals surface area contributed by atoms with Crippen LogP contribution in [0.2, 0.25) is 0 Å². The van der Waals surface area contributed by atoms with E-state index in [9.17, 15) is 14.7 Å². The Morgan fingerprint density at radius 2 is 1.94 bits per heavy atom. The third kappa shape index (κ3) is 3.97. The quantitative estimate of drug-likeness (QED) is 0.426.